The number of nitrogens with zero attached hydrogens (tertiary/aromatic N) is 3. The standard InChI is InChI=1S/C21H22ClN5O2/c1-13-3-6-15(7-4-13)18-10-19-21(29)26(23-12-27(19)25-18)11-20(28)24-16-8-5-14(2)17(22)9-16/h3-9,12,18-19,25H,10-11H2,1-2H3,(H,24,28). The third-order valence-electron chi connectivity index (χ3n) is 5.18. The zero-order chi connectivity index (χ0) is 20.5. The van der Waals surface area contributed by atoms with Crippen LogP contribution in [0.2, 0.25) is 5.02 Å². The lowest BCUT2D eigenvalue weighted by Gasteiger charge is -2.29. The van der Waals surface area contributed by atoms with Gasteiger partial charge in [-0.3, -0.25) is 14.6 Å². The highest BCUT2D eigenvalue weighted by molar-refractivity contribution is 6.31. The molecular formula is C21H22ClN5O2. The number of fused-ring (bicyclic) bond motifs is 1. The molecule has 2 aromatic carbocycles. The summed E-state index contributed by atoms with van der Waals surface area (Å²) in [6.45, 7) is 3.78. The average Bonchev–Trinajstić information content (AvgIpc) is 3.13. The van der Waals surface area contributed by atoms with Crippen molar-refractivity contribution in [2.24, 2.45) is 5.10 Å². The van der Waals surface area contributed by atoms with Crippen LogP contribution in [0.1, 0.15) is 29.2 Å². The molecule has 4 rings (SSSR count). The number of rotatable bonds is 4. The largest absolute Gasteiger partial charge is 0.324 e. The fraction of sp³-hybridized carbons (Fsp3) is 0.286. The van der Waals surface area contributed by atoms with Crippen LogP contribution in [0.3, 0.4) is 0 Å². The van der Waals surface area contributed by atoms with E-state index in [4.69, 9.17) is 11.6 Å². The highest BCUT2D eigenvalue weighted by Crippen LogP contribution is 2.29. The van der Waals surface area contributed by atoms with Crippen LogP contribution in [0, 0.1) is 13.8 Å². The average molecular weight is 412 g/mol. The van der Waals surface area contributed by atoms with Crippen LogP contribution in [0.4, 0.5) is 5.69 Å². The van der Waals surface area contributed by atoms with Crippen LogP contribution in [-0.2, 0) is 9.59 Å². The summed E-state index contributed by atoms with van der Waals surface area (Å²) in [5, 5.41) is 10.4. The molecule has 2 heterocycles. The number of hydrogen-bond acceptors (Lipinski definition) is 5. The fourth-order valence-corrected chi connectivity index (χ4v) is 3.66. The number of halogens is 1. The molecule has 29 heavy (non-hydrogen) atoms. The van der Waals surface area contributed by atoms with Crippen molar-refractivity contribution in [2.45, 2.75) is 32.4 Å². The molecule has 1 saturated heterocycles. The molecule has 0 aliphatic carbocycles. The minimum atomic E-state index is -0.388. The van der Waals surface area contributed by atoms with Crippen LogP contribution >= 0.6 is 11.6 Å². The number of hydrazone groups is 1. The molecular weight excluding hydrogens is 390 g/mol. The Kier molecular flexibility index (Phi) is 5.25. The van der Waals surface area contributed by atoms with Crippen molar-refractivity contribution in [3.8, 4) is 0 Å². The first-order chi connectivity index (χ1) is 13.9. The molecule has 1 fully saturated rings. The number of hydrazine groups is 1. The van der Waals surface area contributed by atoms with Crippen molar-refractivity contribution in [1.29, 1.82) is 0 Å². The molecule has 2 amide bonds. The number of benzene rings is 2. The normalized spacial score (nSPS) is 20.7. The number of aryl methyl sites for hydroxylation is 2. The van der Waals surface area contributed by atoms with Gasteiger partial charge in [0.1, 0.15) is 18.9 Å². The van der Waals surface area contributed by atoms with Gasteiger partial charge in [-0.25, -0.2) is 10.4 Å². The van der Waals surface area contributed by atoms with Gasteiger partial charge in [0.15, 0.2) is 0 Å². The van der Waals surface area contributed by atoms with Crippen molar-refractivity contribution in [3.63, 3.8) is 0 Å². The van der Waals surface area contributed by atoms with Gasteiger partial charge >= 0.3 is 0 Å². The highest BCUT2D eigenvalue weighted by atomic mass is 35.5. The van der Waals surface area contributed by atoms with Gasteiger partial charge in [-0.05, 0) is 43.5 Å². The second-order valence-electron chi connectivity index (χ2n) is 7.39. The monoisotopic (exact) mass is 411 g/mol. The first kappa shape index (κ1) is 19.4. The van der Waals surface area contributed by atoms with Gasteiger partial charge in [0.05, 0.1) is 6.04 Å². The van der Waals surface area contributed by atoms with Gasteiger partial charge in [0, 0.05) is 10.7 Å². The van der Waals surface area contributed by atoms with Gasteiger partial charge in [-0.15, -0.1) is 0 Å². The number of amides is 2. The quantitative estimate of drug-likeness (QED) is 0.810. The topological polar surface area (TPSA) is 77.0 Å². The summed E-state index contributed by atoms with van der Waals surface area (Å²) in [4.78, 5) is 25.2. The van der Waals surface area contributed by atoms with E-state index in [1.54, 1.807) is 23.5 Å². The van der Waals surface area contributed by atoms with Gasteiger partial charge in [-0.1, -0.05) is 47.5 Å². The van der Waals surface area contributed by atoms with Crippen molar-refractivity contribution in [1.82, 2.24) is 15.4 Å². The molecule has 0 spiro atoms. The first-order valence-corrected chi connectivity index (χ1v) is 9.81. The van der Waals surface area contributed by atoms with Gasteiger partial charge in [0.2, 0.25) is 5.91 Å². The van der Waals surface area contributed by atoms with Gasteiger partial charge < -0.3 is 5.32 Å². The Morgan fingerprint density at radius 2 is 2.00 bits per heavy atom. The summed E-state index contributed by atoms with van der Waals surface area (Å²) < 4.78 is 0. The van der Waals surface area contributed by atoms with E-state index in [-0.39, 0.29) is 30.4 Å². The minimum absolute atomic E-state index is 0.0273. The van der Waals surface area contributed by atoms with Crippen LogP contribution in [0.25, 0.3) is 0 Å². The predicted molar refractivity (Wildman–Crippen MR) is 112 cm³/mol. The van der Waals surface area contributed by atoms with Crippen molar-refractivity contribution < 1.29 is 9.59 Å². The van der Waals surface area contributed by atoms with Crippen LogP contribution in [-0.4, -0.2) is 40.8 Å². The Morgan fingerprint density at radius 3 is 2.72 bits per heavy atom. The molecule has 8 heteroatoms. The summed E-state index contributed by atoms with van der Waals surface area (Å²) in [5.41, 5.74) is 7.13. The molecule has 0 saturated carbocycles. The van der Waals surface area contributed by atoms with Crippen LogP contribution in [0.15, 0.2) is 47.6 Å². The molecule has 7 nitrogen and oxygen atoms in total. The fourth-order valence-electron chi connectivity index (χ4n) is 3.48. The summed E-state index contributed by atoms with van der Waals surface area (Å²) >= 11 is 6.09. The molecule has 2 aliphatic heterocycles. The van der Waals surface area contributed by atoms with E-state index in [0.29, 0.717) is 17.1 Å². The van der Waals surface area contributed by atoms with Crippen molar-refractivity contribution >= 4 is 35.4 Å². The van der Waals surface area contributed by atoms with E-state index in [0.717, 1.165) is 11.1 Å². The molecule has 2 unspecified atom stereocenters. The smallest absolute Gasteiger partial charge is 0.267 e. The van der Waals surface area contributed by atoms with Crippen molar-refractivity contribution in [2.75, 3.05) is 11.9 Å². The lowest BCUT2D eigenvalue weighted by molar-refractivity contribution is -0.139. The maximum absolute atomic E-state index is 12.9. The summed E-state index contributed by atoms with van der Waals surface area (Å²) in [6.07, 6.45) is 2.18. The van der Waals surface area contributed by atoms with E-state index in [2.05, 4.69) is 40.1 Å². The molecule has 2 aliphatic rings. The zero-order valence-corrected chi connectivity index (χ0v) is 17.0. The molecule has 0 aromatic heterocycles. The number of carbonyl (C=O) groups excluding carboxylic acids is 2. The maximum Gasteiger partial charge on any atom is 0.267 e. The zero-order valence-electron chi connectivity index (χ0n) is 16.2. The maximum atomic E-state index is 12.9. The first-order valence-electron chi connectivity index (χ1n) is 9.43. The SMILES string of the molecule is Cc1ccc(C2CC3C(=O)N(CC(=O)Nc4ccc(C)c(Cl)c4)N=CN3N2)cc1. The highest BCUT2D eigenvalue weighted by Gasteiger charge is 2.41. The lowest BCUT2D eigenvalue weighted by atomic mass is 10.0. The van der Waals surface area contributed by atoms with Crippen LogP contribution < -0.4 is 10.7 Å². The Balaban J connectivity index is 1.39. The second-order valence-corrected chi connectivity index (χ2v) is 7.80. The van der Waals surface area contributed by atoms with Crippen molar-refractivity contribution in [3.05, 3.63) is 64.2 Å². The summed E-state index contributed by atoms with van der Waals surface area (Å²) in [5.74, 6) is -0.531. The Morgan fingerprint density at radius 1 is 1.24 bits per heavy atom. The van der Waals surface area contributed by atoms with E-state index in [1.807, 2.05) is 19.9 Å². The van der Waals surface area contributed by atoms with E-state index < -0.39 is 0 Å². The third-order valence-corrected chi connectivity index (χ3v) is 5.59. The lowest BCUT2D eigenvalue weighted by Crippen LogP contribution is -2.52. The van der Waals surface area contributed by atoms with Gasteiger partial charge in [0.25, 0.3) is 5.91 Å². The Bertz CT molecular complexity index is 976. The molecule has 0 radical (unpaired) electrons. The van der Waals surface area contributed by atoms with E-state index in [9.17, 15) is 9.59 Å². The summed E-state index contributed by atoms with van der Waals surface area (Å²) in [6, 6.07) is 13.2. The molecule has 2 aromatic rings. The Hall–Kier alpha value is -2.90. The molecule has 2 N–H and O–H groups in total. The number of anilines is 1. The predicted octanol–water partition coefficient (Wildman–Crippen LogP) is 3.00. The summed E-state index contributed by atoms with van der Waals surface area (Å²) in [7, 11) is 0. The number of nitrogens with one attached hydrogen (secondary N) is 2. The number of carbonyl (C=O) groups is 2. The minimum Gasteiger partial charge on any atom is -0.324 e. The van der Waals surface area contributed by atoms with Gasteiger partial charge in [-0.2, -0.15) is 5.10 Å². The second kappa shape index (κ2) is 7.85. The Labute approximate surface area is 174 Å². The van der Waals surface area contributed by atoms with Crippen LogP contribution in [0.5, 0.6) is 0 Å². The molecule has 0 bridgehead atoms. The van der Waals surface area contributed by atoms with E-state index in [1.165, 1.54) is 10.6 Å². The third kappa shape index (κ3) is 4.11. The molecule has 2 atom stereocenters. The van der Waals surface area contributed by atoms with E-state index >= 15 is 0 Å². The molecule has 150 valence electrons. The number of hydrogen-bond donors (Lipinski definition) is 2.